The molecule has 0 rings (SSSR count). The minimum atomic E-state index is -6.28. The molecular weight excluding hydrogens is 200 g/mol. The van der Waals surface area contributed by atoms with E-state index in [0.717, 1.165) is 0 Å². The molecular formula is C4H2F8. The zero-order valence-corrected chi connectivity index (χ0v) is 5.23. The summed E-state index contributed by atoms with van der Waals surface area (Å²) >= 11 is 0. The van der Waals surface area contributed by atoms with Crippen molar-refractivity contribution in [3.05, 3.63) is 0 Å². The van der Waals surface area contributed by atoms with Crippen molar-refractivity contribution in [2.45, 2.75) is 18.0 Å². The molecule has 0 saturated carbocycles. The van der Waals surface area contributed by atoms with Crippen molar-refractivity contribution in [1.29, 1.82) is 0 Å². The first-order valence-electron chi connectivity index (χ1n) is 2.44. The summed E-state index contributed by atoms with van der Waals surface area (Å²) < 4.78 is 90.7. The number of alkyl halides is 8. The molecule has 0 aliphatic carbocycles. The smallest absolute Gasteiger partial charge is 0.247 e. The van der Waals surface area contributed by atoms with E-state index in [2.05, 4.69) is 0 Å². The van der Waals surface area contributed by atoms with Crippen LogP contribution >= 0.6 is 0 Å². The van der Waals surface area contributed by atoms with Gasteiger partial charge < -0.3 is 0 Å². The van der Waals surface area contributed by atoms with Crippen LogP contribution in [0.5, 0.6) is 0 Å². The lowest BCUT2D eigenvalue weighted by molar-refractivity contribution is -0.344. The average Bonchev–Trinajstić information content (AvgIpc) is 1.81. The van der Waals surface area contributed by atoms with Crippen molar-refractivity contribution in [3.8, 4) is 0 Å². The molecule has 0 fully saturated rings. The van der Waals surface area contributed by atoms with E-state index in [1.165, 1.54) is 0 Å². The molecule has 0 nitrogen and oxygen atoms in total. The van der Waals surface area contributed by atoms with E-state index in [1.807, 2.05) is 0 Å². The van der Waals surface area contributed by atoms with Crippen molar-refractivity contribution in [1.82, 2.24) is 0 Å². The Hall–Kier alpha value is -0.560. The molecule has 0 aliphatic heterocycles. The van der Waals surface area contributed by atoms with Gasteiger partial charge in [-0.2, -0.15) is 26.3 Å². The van der Waals surface area contributed by atoms with Crippen LogP contribution < -0.4 is 0 Å². The minimum absolute atomic E-state index is 3.17. The molecule has 0 bridgehead atoms. The van der Waals surface area contributed by atoms with Gasteiger partial charge in [0.1, 0.15) is 6.67 Å². The van der Waals surface area contributed by atoms with Gasteiger partial charge in [-0.3, -0.25) is 0 Å². The van der Waals surface area contributed by atoms with Gasteiger partial charge >= 0.3 is 18.0 Å². The maximum absolute atomic E-state index is 11.9. The van der Waals surface area contributed by atoms with Crippen molar-refractivity contribution in [2.24, 2.45) is 0 Å². The predicted molar refractivity (Wildman–Crippen MR) is 21.9 cm³/mol. The van der Waals surface area contributed by atoms with Gasteiger partial charge in [-0.1, -0.05) is 0 Å². The van der Waals surface area contributed by atoms with E-state index in [9.17, 15) is 35.1 Å². The average molecular weight is 202 g/mol. The van der Waals surface area contributed by atoms with Crippen LogP contribution in [-0.4, -0.2) is 24.7 Å². The van der Waals surface area contributed by atoms with Crippen LogP contribution in [0.15, 0.2) is 0 Å². The van der Waals surface area contributed by atoms with Gasteiger partial charge in [0.25, 0.3) is 0 Å². The molecule has 0 heterocycles. The monoisotopic (exact) mass is 202 g/mol. The fraction of sp³-hybridized carbons (Fsp3) is 1.00. The van der Waals surface area contributed by atoms with Crippen LogP contribution in [0.1, 0.15) is 0 Å². The van der Waals surface area contributed by atoms with Gasteiger partial charge in [0.05, 0.1) is 0 Å². The molecule has 74 valence electrons. The minimum Gasteiger partial charge on any atom is -0.247 e. The zero-order valence-electron chi connectivity index (χ0n) is 5.23. The standard InChI is InChI=1S/C4H2F8/c5-1-2(6,3(7,8)9)4(10,11)12/h1H2. The van der Waals surface area contributed by atoms with Gasteiger partial charge in [0.15, 0.2) is 0 Å². The molecule has 0 radical (unpaired) electrons. The second kappa shape index (κ2) is 2.74. The Morgan fingerprint density at radius 3 is 0.917 bits per heavy atom. The van der Waals surface area contributed by atoms with Crippen LogP contribution in [0, 0.1) is 0 Å². The molecule has 0 saturated heterocycles. The van der Waals surface area contributed by atoms with Crippen molar-refractivity contribution < 1.29 is 35.1 Å². The highest BCUT2D eigenvalue weighted by atomic mass is 19.4. The maximum atomic E-state index is 11.9. The molecule has 0 N–H and O–H groups in total. The number of hydrogen-bond acceptors (Lipinski definition) is 0. The van der Waals surface area contributed by atoms with Crippen molar-refractivity contribution in [3.63, 3.8) is 0 Å². The van der Waals surface area contributed by atoms with Gasteiger partial charge in [0.2, 0.25) is 0 Å². The lowest BCUT2D eigenvalue weighted by Gasteiger charge is -2.26. The van der Waals surface area contributed by atoms with Gasteiger partial charge in [-0.25, -0.2) is 8.78 Å². The Bertz CT molecular complexity index is 137. The third-order valence-electron chi connectivity index (χ3n) is 1.08. The molecule has 0 aromatic carbocycles. The molecule has 0 aromatic rings. The van der Waals surface area contributed by atoms with E-state index < -0.39 is 24.7 Å². The second-order valence-electron chi connectivity index (χ2n) is 1.93. The van der Waals surface area contributed by atoms with Crippen molar-refractivity contribution >= 4 is 0 Å². The molecule has 0 amide bonds. The largest absolute Gasteiger partial charge is 0.434 e. The first-order valence-corrected chi connectivity index (χ1v) is 2.44. The Labute approximate surface area is 61.2 Å². The number of halogens is 8. The fourth-order valence-corrected chi connectivity index (χ4v) is 0.312. The quantitative estimate of drug-likeness (QED) is 0.573. The lowest BCUT2D eigenvalue weighted by atomic mass is 10.1. The predicted octanol–water partition coefficient (Wildman–Crippen LogP) is 2.79. The van der Waals surface area contributed by atoms with E-state index >= 15 is 0 Å². The van der Waals surface area contributed by atoms with Gasteiger partial charge in [0, 0.05) is 0 Å². The zero-order chi connectivity index (χ0) is 10.2. The fourth-order valence-electron chi connectivity index (χ4n) is 0.312. The van der Waals surface area contributed by atoms with Crippen LogP contribution in [-0.2, 0) is 0 Å². The summed E-state index contributed by atoms with van der Waals surface area (Å²) in [7, 11) is 0. The Balaban J connectivity index is 4.95. The lowest BCUT2D eigenvalue weighted by Crippen LogP contribution is -2.54. The van der Waals surface area contributed by atoms with Crippen molar-refractivity contribution in [2.75, 3.05) is 6.67 Å². The molecule has 0 spiro atoms. The van der Waals surface area contributed by atoms with E-state index in [0.29, 0.717) is 0 Å². The SMILES string of the molecule is FCC(F)(C(F)(F)F)C(F)(F)F. The number of hydrogen-bond donors (Lipinski definition) is 0. The van der Waals surface area contributed by atoms with Crippen LogP contribution in [0.4, 0.5) is 35.1 Å². The molecule has 0 unspecified atom stereocenters. The summed E-state index contributed by atoms with van der Waals surface area (Å²) in [6.07, 6.45) is -12.6. The summed E-state index contributed by atoms with van der Waals surface area (Å²) in [5, 5.41) is 0. The third-order valence-corrected chi connectivity index (χ3v) is 1.08. The molecule has 0 atom stereocenters. The Kier molecular flexibility index (Phi) is 2.61. The van der Waals surface area contributed by atoms with Gasteiger partial charge in [-0.15, -0.1) is 0 Å². The Morgan fingerprint density at radius 2 is 0.917 bits per heavy atom. The first kappa shape index (κ1) is 11.4. The van der Waals surface area contributed by atoms with Crippen LogP contribution in [0.3, 0.4) is 0 Å². The Morgan fingerprint density at radius 1 is 0.667 bits per heavy atom. The molecule has 0 aromatic heterocycles. The molecule has 12 heavy (non-hydrogen) atoms. The summed E-state index contributed by atoms with van der Waals surface area (Å²) in [5.74, 6) is 0. The highest BCUT2D eigenvalue weighted by Gasteiger charge is 2.72. The summed E-state index contributed by atoms with van der Waals surface area (Å²) in [6.45, 7) is -3.17. The topological polar surface area (TPSA) is 0 Å². The van der Waals surface area contributed by atoms with Crippen LogP contribution in [0.2, 0.25) is 0 Å². The molecule has 0 aliphatic rings. The highest BCUT2D eigenvalue weighted by Crippen LogP contribution is 2.46. The maximum Gasteiger partial charge on any atom is 0.434 e. The highest BCUT2D eigenvalue weighted by molar-refractivity contribution is 4.93. The van der Waals surface area contributed by atoms with Gasteiger partial charge in [-0.05, 0) is 0 Å². The third kappa shape index (κ3) is 1.61. The number of rotatable bonds is 1. The summed E-state index contributed by atoms with van der Waals surface area (Å²) in [4.78, 5) is 0. The second-order valence-corrected chi connectivity index (χ2v) is 1.93. The molecule has 8 heteroatoms. The summed E-state index contributed by atoms with van der Waals surface area (Å²) in [6, 6.07) is 0. The van der Waals surface area contributed by atoms with Crippen LogP contribution in [0.25, 0.3) is 0 Å². The van der Waals surface area contributed by atoms with E-state index in [4.69, 9.17) is 0 Å². The summed E-state index contributed by atoms with van der Waals surface area (Å²) in [5.41, 5.74) is -5.75. The van der Waals surface area contributed by atoms with E-state index in [-0.39, 0.29) is 0 Å². The first-order chi connectivity index (χ1) is 5.06. The van der Waals surface area contributed by atoms with E-state index in [1.54, 1.807) is 0 Å². The normalized spacial score (nSPS) is 15.0.